The first kappa shape index (κ1) is 19.2. The lowest BCUT2D eigenvalue weighted by Gasteiger charge is -2.18. The van der Waals surface area contributed by atoms with Crippen molar-refractivity contribution >= 4 is 29.1 Å². The molecule has 2 amide bonds. The highest BCUT2D eigenvalue weighted by Crippen LogP contribution is 2.32. The van der Waals surface area contributed by atoms with Gasteiger partial charge in [0.25, 0.3) is 0 Å². The largest absolute Gasteiger partial charge is 0.495 e. The Morgan fingerprint density at radius 1 is 1.26 bits per heavy atom. The maximum absolute atomic E-state index is 12.7. The molecule has 1 atom stereocenters. The van der Waals surface area contributed by atoms with E-state index >= 15 is 0 Å². The first-order valence-corrected chi connectivity index (χ1v) is 9.24. The number of aryl methyl sites for hydroxylation is 2. The summed E-state index contributed by atoms with van der Waals surface area (Å²) < 4.78 is 5.30. The lowest BCUT2D eigenvalue weighted by Crippen LogP contribution is -2.28. The van der Waals surface area contributed by atoms with Crippen LogP contribution in [-0.4, -0.2) is 30.4 Å². The average molecular weight is 387 g/mol. The third-order valence-corrected chi connectivity index (χ3v) is 5.35. The smallest absolute Gasteiger partial charge is 0.229 e. The van der Waals surface area contributed by atoms with Crippen molar-refractivity contribution in [2.75, 3.05) is 19.0 Å². The molecule has 0 spiro atoms. The minimum absolute atomic E-state index is 0.00217. The van der Waals surface area contributed by atoms with E-state index in [4.69, 9.17) is 16.3 Å². The van der Waals surface area contributed by atoms with Crippen LogP contribution in [0.15, 0.2) is 36.4 Å². The van der Waals surface area contributed by atoms with Gasteiger partial charge in [-0.3, -0.25) is 9.59 Å². The number of nitrogens with one attached hydrogen (secondary N) is 1. The summed E-state index contributed by atoms with van der Waals surface area (Å²) in [5.41, 5.74) is 3.65. The Morgan fingerprint density at radius 3 is 2.70 bits per heavy atom. The molecule has 1 N–H and O–H groups in total. The van der Waals surface area contributed by atoms with E-state index in [2.05, 4.69) is 5.32 Å². The molecule has 1 unspecified atom stereocenters. The molecule has 6 heteroatoms. The number of hydrogen-bond acceptors (Lipinski definition) is 3. The van der Waals surface area contributed by atoms with Crippen molar-refractivity contribution in [2.24, 2.45) is 5.92 Å². The van der Waals surface area contributed by atoms with Crippen LogP contribution in [0.3, 0.4) is 0 Å². The van der Waals surface area contributed by atoms with Gasteiger partial charge in [-0.1, -0.05) is 35.9 Å². The minimum Gasteiger partial charge on any atom is -0.495 e. The summed E-state index contributed by atoms with van der Waals surface area (Å²) in [5.74, 6) is -0.0736. The van der Waals surface area contributed by atoms with Crippen molar-refractivity contribution in [3.63, 3.8) is 0 Å². The van der Waals surface area contributed by atoms with Crippen LogP contribution in [0.25, 0.3) is 0 Å². The number of hydrogen-bond donors (Lipinski definition) is 1. The van der Waals surface area contributed by atoms with Gasteiger partial charge in [0.2, 0.25) is 11.8 Å². The predicted octanol–water partition coefficient (Wildman–Crippen LogP) is 3.95. The SMILES string of the molecule is COc1cc(Cl)c(C)cc1NC(=O)C1CC(=O)N(Cc2ccccc2C)C1. The van der Waals surface area contributed by atoms with Crippen LogP contribution < -0.4 is 10.1 Å². The van der Waals surface area contributed by atoms with E-state index in [-0.39, 0.29) is 24.2 Å². The monoisotopic (exact) mass is 386 g/mol. The molecule has 142 valence electrons. The molecule has 0 bridgehead atoms. The molecule has 0 aliphatic carbocycles. The number of carbonyl (C=O) groups is 2. The highest BCUT2D eigenvalue weighted by Gasteiger charge is 2.34. The molecule has 2 aromatic carbocycles. The fraction of sp³-hybridized carbons (Fsp3) is 0.333. The second-order valence-corrected chi connectivity index (χ2v) is 7.30. The summed E-state index contributed by atoms with van der Waals surface area (Å²) >= 11 is 6.11. The average Bonchev–Trinajstić information content (AvgIpc) is 3.00. The second kappa shape index (κ2) is 8.01. The highest BCUT2D eigenvalue weighted by atomic mass is 35.5. The first-order valence-electron chi connectivity index (χ1n) is 8.86. The van der Waals surface area contributed by atoms with Gasteiger partial charge in [-0.15, -0.1) is 0 Å². The Balaban J connectivity index is 1.69. The van der Waals surface area contributed by atoms with E-state index in [1.54, 1.807) is 17.0 Å². The van der Waals surface area contributed by atoms with Crippen molar-refractivity contribution in [1.82, 2.24) is 4.90 Å². The van der Waals surface area contributed by atoms with E-state index in [0.29, 0.717) is 29.5 Å². The summed E-state index contributed by atoms with van der Waals surface area (Å²) in [6, 6.07) is 11.4. The van der Waals surface area contributed by atoms with Crippen LogP contribution in [0.1, 0.15) is 23.1 Å². The molecule has 1 aliphatic heterocycles. The van der Waals surface area contributed by atoms with Gasteiger partial charge in [-0.25, -0.2) is 0 Å². The third kappa shape index (κ3) is 4.25. The maximum Gasteiger partial charge on any atom is 0.229 e. The predicted molar refractivity (Wildman–Crippen MR) is 106 cm³/mol. The molecule has 0 aromatic heterocycles. The Hall–Kier alpha value is -2.53. The fourth-order valence-electron chi connectivity index (χ4n) is 3.26. The quantitative estimate of drug-likeness (QED) is 0.846. The molecule has 3 rings (SSSR count). The number of halogens is 1. The van der Waals surface area contributed by atoms with Crippen LogP contribution in [0.4, 0.5) is 5.69 Å². The first-order chi connectivity index (χ1) is 12.9. The van der Waals surface area contributed by atoms with Crippen LogP contribution in [0.2, 0.25) is 5.02 Å². The molecule has 0 radical (unpaired) electrons. The summed E-state index contributed by atoms with van der Waals surface area (Å²) in [5, 5.41) is 3.46. The van der Waals surface area contributed by atoms with Crippen molar-refractivity contribution in [1.29, 1.82) is 0 Å². The van der Waals surface area contributed by atoms with E-state index in [9.17, 15) is 9.59 Å². The van der Waals surface area contributed by atoms with Crippen LogP contribution in [-0.2, 0) is 16.1 Å². The zero-order valence-corrected chi connectivity index (χ0v) is 16.5. The topological polar surface area (TPSA) is 58.6 Å². The molecule has 5 nitrogen and oxygen atoms in total. The third-order valence-electron chi connectivity index (χ3n) is 4.95. The van der Waals surface area contributed by atoms with Gasteiger partial charge in [0.05, 0.1) is 18.7 Å². The highest BCUT2D eigenvalue weighted by molar-refractivity contribution is 6.31. The number of anilines is 1. The Kier molecular flexibility index (Phi) is 5.71. The van der Waals surface area contributed by atoms with Gasteiger partial charge in [0.1, 0.15) is 5.75 Å². The zero-order valence-electron chi connectivity index (χ0n) is 15.7. The number of likely N-dealkylation sites (tertiary alicyclic amines) is 1. The minimum atomic E-state index is -0.387. The summed E-state index contributed by atoms with van der Waals surface area (Å²) in [4.78, 5) is 26.8. The Bertz CT molecular complexity index is 882. The number of rotatable bonds is 5. The molecule has 1 heterocycles. The van der Waals surface area contributed by atoms with Gasteiger partial charge in [0.15, 0.2) is 0 Å². The Morgan fingerprint density at radius 2 is 2.00 bits per heavy atom. The number of nitrogens with zero attached hydrogens (tertiary/aromatic N) is 1. The van der Waals surface area contributed by atoms with E-state index in [1.165, 1.54) is 7.11 Å². The Labute approximate surface area is 164 Å². The molecule has 1 fully saturated rings. The number of amides is 2. The molecule has 27 heavy (non-hydrogen) atoms. The maximum atomic E-state index is 12.7. The van der Waals surface area contributed by atoms with Crippen molar-refractivity contribution < 1.29 is 14.3 Å². The molecule has 0 saturated carbocycles. The van der Waals surface area contributed by atoms with Gasteiger partial charge in [0, 0.05) is 30.6 Å². The number of ether oxygens (including phenoxy) is 1. The summed E-state index contributed by atoms with van der Waals surface area (Å²) in [7, 11) is 1.53. The van der Waals surface area contributed by atoms with Gasteiger partial charge in [-0.2, -0.15) is 0 Å². The van der Waals surface area contributed by atoms with E-state index in [1.807, 2.05) is 38.1 Å². The number of methoxy groups -OCH3 is 1. The van der Waals surface area contributed by atoms with E-state index in [0.717, 1.165) is 16.7 Å². The molecule has 2 aromatic rings. The van der Waals surface area contributed by atoms with Crippen molar-refractivity contribution in [2.45, 2.75) is 26.8 Å². The molecule has 1 aliphatic rings. The van der Waals surface area contributed by atoms with Crippen molar-refractivity contribution in [3.8, 4) is 5.75 Å². The lowest BCUT2D eigenvalue weighted by molar-refractivity contribution is -0.128. The van der Waals surface area contributed by atoms with E-state index < -0.39 is 0 Å². The summed E-state index contributed by atoms with van der Waals surface area (Å²) in [6.45, 7) is 4.82. The normalized spacial score (nSPS) is 16.5. The lowest BCUT2D eigenvalue weighted by atomic mass is 10.1. The van der Waals surface area contributed by atoms with Crippen molar-refractivity contribution in [3.05, 3.63) is 58.1 Å². The molecular weight excluding hydrogens is 364 g/mol. The van der Waals surface area contributed by atoms with Crippen LogP contribution >= 0.6 is 11.6 Å². The second-order valence-electron chi connectivity index (χ2n) is 6.89. The zero-order chi connectivity index (χ0) is 19.6. The number of benzene rings is 2. The van der Waals surface area contributed by atoms with Gasteiger partial charge < -0.3 is 15.0 Å². The van der Waals surface area contributed by atoms with Gasteiger partial charge >= 0.3 is 0 Å². The molecular formula is C21H23ClN2O3. The summed E-state index contributed by atoms with van der Waals surface area (Å²) in [6.07, 6.45) is 0.215. The van der Waals surface area contributed by atoms with Crippen LogP contribution in [0.5, 0.6) is 5.75 Å². The number of carbonyl (C=O) groups excluding carboxylic acids is 2. The molecule has 1 saturated heterocycles. The fourth-order valence-corrected chi connectivity index (χ4v) is 3.41. The van der Waals surface area contributed by atoms with Crippen LogP contribution in [0, 0.1) is 19.8 Å². The standard InChI is InChI=1S/C21H23ClN2O3/c1-13-6-4-5-7-15(13)11-24-12-16(9-20(24)25)21(26)23-18-8-14(2)17(22)10-19(18)27-3/h4-8,10,16H,9,11-12H2,1-3H3,(H,23,26). The van der Waals surface area contributed by atoms with Gasteiger partial charge in [-0.05, 0) is 36.6 Å².